The van der Waals surface area contributed by atoms with Gasteiger partial charge >= 0.3 is 0 Å². The van der Waals surface area contributed by atoms with Gasteiger partial charge in [-0.15, -0.1) is 0 Å². The molecule has 0 amide bonds. The number of fused-ring (bicyclic) bond motifs is 10. The molecule has 0 bridgehead atoms. The van der Waals surface area contributed by atoms with E-state index in [1.807, 2.05) is 24.3 Å². The van der Waals surface area contributed by atoms with E-state index < -0.39 is 0 Å². The lowest BCUT2D eigenvalue weighted by atomic mass is 9.66. The lowest BCUT2D eigenvalue weighted by Gasteiger charge is -2.39. The summed E-state index contributed by atoms with van der Waals surface area (Å²) in [7, 11) is 0. The van der Waals surface area contributed by atoms with Gasteiger partial charge in [0.15, 0.2) is 5.82 Å². The fourth-order valence-electron chi connectivity index (χ4n) is 11.1. The van der Waals surface area contributed by atoms with Gasteiger partial charge in [-0.3, -0.25) is 4.57 Å². The van der Waals surface area contributed by atoms with Crippen LogP contribution in [0.2, 0.25) is 0 Å². The Bertz CT molecular complexity index is 3290. The van der Waals surface area contributed by atoms with Gasteiger partial charge in [0.2, 0.25) is 5.95 Å². The first-order valence-corrected chi connectivity index (χ1v) is 21.5. The zero-order valence-electron chi connectivity index (χ0n) is 34.5. The number of nitrogens with zero attached hydrogens (tertiary/aromatic N) is 6. The maximum atomic E-state index is 10.5. The van der Waals surface area contributed by atoms with Crippen molar-refractivity contribution < 1.29 is 4.42 Å². The van der Waals surface area contributed by atoms with E-state index in [4.69, 9.17) is 19.4 Å². The Morgan fingerprint density at radius 3 is 1.92 bits per heavy atom. The van der Waals surface area contributed by atoms with Crippen molar-refractivity contribution in [1.29, 1.82) is 5.26 Å². The van der Waals surface area contributed by atoms with Crippen molar-refractivity contribution in [1.82, 2.24) is 24.1 Å². The Kier molecular flexibility index (Phi) is 8.42. The summed E-state index contributed by atoms with van der Waals surface area (Å²) in [6, 6.07) is 46.5. The molecule has 1 aliphatic carbocycles. The van der Waals surface area contributed by atoms with Crippen molar-refractivity contribution in [3.63, 3.8) is 0 Å². The number of para-hydroxylation sites is 4. The van der Waals surface area contributed by atoms with Gasteiger partial charge in [0, 0.05) is 37.9 Å². The third kappa shape index (κ3) is 5.58. The van der Waals surface area contributed by atoms with Crippen molar-refractivity contribution in [3.8, 4) is 29.1 Å². The molecule has 0 aliphatic heterocycles. The quantitative estimate of drug-likeness (QED) is 0.174. The van der Waals surface area contributed by atoms with Gasteiger partial charge in [0.25, 0.3) is 0 Å². The number of hydrogen-bond donors (Lipinski definition) is 0. The van der Waals surface area contributed by atoms with Crippen LogP contribution in [0.4, 0.5) is 0 Å². The highest BCUT2D eigenvalue weighted by molar-refractivity contribution is 6.24. The van der Waals surface area contributed by atoms with E-state index in [-0.39, 0.29) is 5.41 Å². The predicted molar refractivity (Wildman–Crippen MR) is 244 cm³/mol. The lowest BCUT2D eigenvalue weighted by molar-refractivity contribution is 0.177. The van der Waals surface area contributed by atoms with Crippen molar-refractivity contribution in [2.24, 2.45) is 17.8 Å². The average Bonchev–Trinajstić information content (AvgIpc) is 3.93. The number of rotatable bonds is 5. The van der Waals surface area contributed by atoms with Gasteiger partial charge in [-0.2, -0.15) is 15.2 Å². The third-order valence-corrected chi connectivity index (χ3v) is 13.4. The van der Waals surface area contributed by atoms with Crippen LogP contribution in [0.25, 0.3) is 88.6 Å². The fourth-order valence-corrected chi connectivity index (χ4v) is 11.1. The maximum absolute atomic E-state index is 10.5. The van der Waals surface area contributed by atoms with Crippen LogP contribution >= 0.6 is 0 Å². The Balaban J connectivity index is 1.23. The van der Waals surface area contributed by atoms with Crippen LogP contribution in [0.1, 0.15) is 71.2 Å². The highest BCUT2D eigenvalue weighted by Gasteiger charge is 2.40. The van der Waals surface area contributed by atoms with Crippen LogP contribution in [0, 0.1) is 29.1 Å². The van der Waals surface area contributed by atoms with Crippen molar-refractivity contribution >= 4 is 65.6 Å². The maximum Gasteiger partial charge on any atom is 0.238 e. The number of aromatic nitrogens is 5. The molecule has 4 aromatic heterocycles. The zero-order chi connectivity index (χ0) is 40.7. The molecule has 6 aromatic carbocycles. The first-order valence-electron chi connectivity index (χ1n) is 21.5. The van der Waals surface area contributed by atoms with E-state index in [0.29, 0.717) is 35.1 Å². The molecular weight excluding hydrogens is 737 g/mol. The molecule has 0 radical (unpaired) electrons. The molecule has 0 saturated heterocycles. The summed E-state index contributed by atoms with van der Waals surface area (Å²) < 4.78 is 11.2. The zero-order valence-corrected chi connectivity index (χ0v) is 34.5. The predicted octanol–water partition coefficient (Wildman–Crippen LogP) is 13.6. The Hall–Kier alpha value is -6.78. The van der Waals surface area contributed by atoms with Crippen LogP contribution in [-0.2, 0) is 5.41 Å². The van der Waals surface area contributed by atoms with Gasteiger partial charge in [0.1, 0.15) is 17.0 Å². The standard InChI is InChI=1S/C53H46N6O/c1-5-53(29-33(3)26-32(2)27-34(4)30-53)51-55-50(56-52(57-51)59-42-18-10-6-14-36(42)37-15-7-11-19-43(37)59)41-28-35(31-54)22-24-45(41)58-44-20-12-8-17-40(44)48-46(58)25-23-39-38-16-9-13-21-47(38)60-49(39)48/h6-25,28,32-34H,5,26-27,29-30H2,1-4H3/t32?,33-,34-,53?/m1/s1. The van der Waals surface area contributed by atoms with Crippen LogP contribution < -0.4 is 0 Å². The average molecular weight is 783 g/mol. The minimum absolute atomic E-state index is 0.267. The largest absolute Gasteiger partial charge is 0.455 e. The summed E-state index contributed by atoms with van der Waals surface area (Å²) >= 11 is 0. The molecule has 2 atom stereocenters. The summed E-state index contributed by atoms with van der Waals surface area (Å²) in [6.07, 6.45) is 5.28. The Morgan fingerprint density at radius 2 is 1.25 bits per heavy atom. The van der Waals surface area contributed by atoms with E-state index in [2.05, 4.69) is 146 Å². The number of furan rings is 1. The van der Waals surface area contributed by atoms with Gasteiger partial charge in [0.05, 0.1) is 44.8 Å². The van der Waals surface area contributed by atoms with Crippen molar-refractivity contribution in [3.05, 3.63) is 139 Å². The molecule has 4 heterocycles. The van der Waals surface area contributed by atoms with E-state index in [0.717, 1.165) is 102 Å². The first kappa shape index (κ1) is 36.3. The molecule has 60 heavy (non-hydrogen) atoms. The summed E-state index contributed by atoms with van der Waals surface area (Å²) in [4.78, 5) is 16.7. The van der Waals surface area contributed by atoms with Crippen LogP contribution in [0.5, 0.6) is 0 Å². The van der Waals surface area contributed by atoms with Crippen molar-refractivity contribution in [2.75, 3.05) is 0 Å². The Labute approximate surface area is 348 Å². The van der Waals surface area contributed by atoms with Gasteiger partial charge < -0.3 is 8.98 Å². The van der Waals surface area contributed by atoms with Crippen molar-refractivity contribution in [2.45, 2.75) is 65.2 Å². The minimum atomic E-state index is -0.267. The fraction of sp³-hybridized carbons (Fsp3) is 0.245. The minimum Gasteiger partial charge on any atom is -0.455 e. The summed E-state index contributed by atoms with van der Waals surface area (Å²) in [5, 5.41) is 17.1. The molecule has 7 heteroatoms. The van der Waals surface area contributed by atoms with Gasteiger partial charge in [-0.1, -0.05) is 100 Å². The highest BCUT2D eigenvalue weighted by atomic mass is 16.3. The molecule has 11 rings (SSSR count). The summed E-state index contributed by atoms with van der Waals surface area (Å²) in [5.74, 6) is 3.68. The summed E-state index contributed by atoms with van der Waals surface area (Å²) in [6.45, 7) is 9.53. The molecular formula is C53H46N6O. The molecule has 1 aliphatic rings. The second kappa shape index (κ2) is 13.9. The SMILES string of the molecule is CCC1(c2nc(-c3cc(C#N)ccc3-n3c4ccccc4c4c5oc6ccccc6c5ccc43)nc(-n3c4ccccc4c4ccccc43)n2)C[C@H](C)CC(C)C[C@@H](C)C1. The molecule has 0 unspecified atom stereocenters. The van der Waals surface area contributed by atoms with Crippen LogP contribution in [-0.4, -0.2) is 24.1 Å². The number of hydrogen-bond acceptors (Lipinski definition) is 5. The topological polar surface area (TPSA) is 85.5 Å². The molecule has 7 nitrogen and oxygen atoms in total. The van der Waals surface area contributed by atoms with Gasteiger partial charge in [-0.25, -0.2) is 4.98 Å². The lowest BCUT2D eigenvalue weighted by Crippen LogP contribution is -2.35. The van der Waals surface area contributed by atoms with E-state index in [9.17, 15) is 5.26 Å². The first-order chi connectivity index (χ1) is 29.3. The van der Waals surface area contributed by atoms with Crippen LogP contribution in [0.15, 0.2) is 132 Å². The van der Waals surface area contributed by atoms with Crippen LogP contribution in [0.3, 0.4) is 0 Å². The van der Waals surface area contributed by atoms with Gasteiger partial charge in [-0.05, 0) is 104 Å². The molecule has 1 saturated carbocycles. The molecule has 0 spiro atoms. The molecule has 0 N–H and O–H groups in total. The highest BCUT2D eigenvalue weighted by Crippen LogP contribution is 2.46. The van der Waals surface area contributed by atoms with E-state index in [1.165, 1.54) is 12.8 Å². The normalized spacial score (nSPS) is 20.0. The Morgan fingerprint density at radius 1 is 0.633 bits per heavy atom. The number of benzene rings is 6. The third-order valence-electron chi connectivity index (χ3n) is 13.4. The second-order valence-electron chi connectivity index (χ2n) is 17.6. The second-order valence-corrected chi connectivity index (χ2v) is 17.6. The number of nitriles is 1. The molecule has 1 fully saturated rings. The summed E-state index contributed by atoms with van der Waals surface area (Å²) in [5.41, 5.74) is 7.80. The smallest absolute Gasteiger partial charge is 0.238 e. The molecule has 10 aromatic rings. The monoisotopic (exact) mass is 782 g/mol. The van der Waals surface area contributed by atoms with E-state index >= 15 is 0 Å². The van der Waals surface area contributed by atoms with E-state index in [1.54, 1.807) is 0 Å². The molecule has 294 valence electrons.